The van der Waals surface area contributed by atoms with Crippen molar-refractivity contribution < 1.29 is 48.8 Å². The molecule has 4 aromatic rings. The minimum Gasteiger partial charge on any atom is -0.508 e. The van der Waals surface area contributed by atoms with E-state index in [1.165, 1.54) is 31.0 Å². The Morgan fingerprint density at radius 3 is 1.33 bits per heavy atom. The fraction of sp³-hybridized carbons (Fsp3) is 0.422. The van der Waals surface area contributed by atoms with E-state index in [0.717, 1.165) is 36.8 Å². The number of hydrogen-bond acceptors (Lipinski definition) is 15. The molecule has 0 aliphatic rings. The lowest BCUT2D eigenvalue weighted by atomic mass is 10.1. The number of nitrogens with zero attached hydrogens (tertiary/aromatic N) is 6. The van der Waals surface area contributed by atoms with E-state index in [9.17, 15) is 44.1 Å². The SMILES string of the molecule is COC(=O)[C@H](CNC(=O)N(C)C)NC(=O)c1c(C)nc(NCCCc2cccc(O)c2)nc1C.Cc1nc(NCCCc2cccc(O)c2)nc(C)c1C(=O)N[C@@H](CNC(=O)N(C)C)C(=O)O. The lowest BCUT2D eigenvalue weighted by molar-refractivity contribution is -0.142. The van der Waals surface area contributed by atoms with Crippen LogP contribution in [0.3, 0.4) is 0 Å². The number of aryl methyl sites for hydroxylation is 6. The second-order valence-corrected chi connectivity index (χ2v) is 15.7. The molecule has 0 aliphatic carbocycles. The summed E-state index contributed by atoms with van der Waals surface area (Å²) in [5.74, 6) is -1.91. The summed E-state index contributed by atoms with van der Waals surface area (Å²) >= 11 is 0. The number of rotatable bonds is 20. The fourth-order valence-corrected chi connectivity index (χ4v) is 6.35. The first-order chi connectivity index (χ1) is 31.7. The molecule has 0 bridgehead atoms. The third-order valence-electron chi connectivity index (χ3n) is 9.79. The lowest BCUT2D eigenvalue weighted by Gasteiger charge is -2.20. The Hall–Kier alpha value is -7.78. The van der Waals surface area contributed by atoms with Crippen LogP contribution in [0.1, 0.15) is 67.5 Å². The molecule has 0 saturated heterocycles. The van der Waals surface area contributed by atoms with Gasteiger partial charge in [0.05, 0.1) is 54.1 Å². The normalized spacial score (nSPS) is 11.4. The molecule has 0 fully saturated rings. The number of carboxylic acids is 1. The maximum atomic E-state index is 12.9. The van der Waals surface area contributed by atoms with Crippen molar-refractivity contribution in [2.75, 3.05) is 72.1 Å². The Bertz CT molecular complexity index is 2320. The van der Waals surface area contributed by atoms with E-state index < -0.39 is 47.9 Å². The van der Waals surface area contributed by atoms with Crippen LogP contribution in [0.5, 0.6) is 11.5 Å². The summed E-state index contributed by atoms with van der Waals surface area (Å²) in [5.41, 5.74) is 4.18. The van der Waals surface area contributed by atoms with Gasteiger partial charge in [0.15, 0.2) is 0 Å². The second kappa shape index (κ2) is 26.2. The lowest BCUT2D eigenvalue weighted by Crippen LogP contribution is -2.50. The molecule has 0 saturated carbocycles. The number of methoxy groups -OCH3 is 1. The Balaban J connectivity index is 0.000000355. The van der Waals surface area contributed by atoms with Crippen LogP contribution < -0.4 is 31.9 Å². The highest BCUT2D eigenvalue weighted by atomic mass is 16.5. The number of hydrogen-bond donors (Lipinski definition) is 9. The number of amides is 6. The van der Waals surface area contributed by atoms with Gasteiger partial charge in [-0.2, -0.15) is 0 Å². The monoisotopic (exact) mass is 930 g/mol. The molecule has 0 aliphatic heterocycles. The molecule has 2 heterocycles. The topological polar surface area (TPSA) is 303 Å². The molecule has 67 heavy (non-hydrogen) atoms. The number of benzene rings is 2. The van der Waals surface area contributed by atoms with Gasteiger partial charge in [0, 0.05) is 41.3 Å². The summed E-state index contributed by atoms with van der Waals surface area (Å²) in [4.78, 5) is 92.6. The smallest absolute Gasteiger partial charge is 0.330 e. The number of phenolic OH excluding ortho intramolecular Hbond substituents is 2. The predicted octanol–water partition coefficient (Wildman–Crippen LogP) is 2.68. The van der Waals surface area contributed by atoms with Gasteiger partial charge in [-0.15, -0.1) is 0 Å². The second-order valence-electron chi connectivity index (χ2n) is 15.7. The molecule has 0 radical (unpaired) electrons. The molecule has 6 amide bonds. The van der Waals surface area contributed by atoms with E-state index in [2.05, 4.69) is 51.8 Å². The Morgan fingerprint density at radius 2 is 0.985 bits per heavy atom. The average molecular weight is 931 g/mol. The number of aliphatic carboxylic acids is 1. The summed E-state index contributed by atoms with van der Waals surface area (Å²) in [7, 11) is 7.38. The molecule has 0 spiro atoms. The number of aromatic nitrogens is 4. The van der Waals surface area contributed by atoms with Crippen LogP contribution in [0.25, 0.3) is 0 Å². The number of anilines is 2. The number of ether oxygens (including phenoxy) is 1. The average Bonchev–Trinajstić information content (AvgIpc) is 3.25. The number of aromatic hydroxyl groups is 2. The third-order valence-corrected chi connectivity index (χ3v) is 9.79. The van der Waals surface area contributed by atoms with E-state index in [4.69, 9.17) is 4.74 Å². The Kier molecular flexibility index (Phi) is 21.0. The van der Waals surface area contributed by atoms with Crippen LogP contribution in [0.4, 0.5) is 21.5 Å². The number of carboxylic acid groups (broad SMARTS) is 1. The summed E-state index contributed by atoms with van der Waals surface area (Å²) in [5, 5.41) is 44.7. The van der Waals surface area contributed by atoms with Gasteiger partial charge < -0.3 is 61.8 Å². The van der Waals surface area contributed by atoms with Gasteiger partial charge in [-0.3, -0.25) is 9.59 Å². The van der Waals surface area contributed by atoms with E-state index >= 15 is 0 Å². The number of carbonyl (C=O) groups excluding carboxylic acids is 5. The number of esters is 1. The number of carbonyl (C=O) groups is 6. The molecule has 362 valence electrons. The van der Waals surface area contributed by atoms with Crippen LogP contribution in [-0.4, -0.2) is 154 Å². The maximum Gasteiger partial charge on any atom is 0.330 e. The molecule has 22 nitrogen and oxygen atoms in total. The van der Waals surface area contributed by atoms with E-state index in [1.807, 2.05) is 12.1 Å². The van der Waals surface area contributed by atoms with Gasteiger partial charge >= 0.3 is 24.0 Å². The summed E-state index contributed by atoms with van der Waals surface area (Å²) in [6.07, 6.45) is 3.12. The van der Waals surface area contributed by atoms with Gasteiger partial charge in [0.2, 0.25) is 11.9 Å². The molecule has 2 aromatic heterocycles. The first-order valence-electron chi connectivity index (χ1n) is 21.3. The molecule has 2 atom stereocenters. The van der Waals surface area contributed by atoms with Crippen LogP contribution in [0, 0.1) is 27.7 Å². The fourth-order valence-electron chi connectivity index (χ4n) is 6.35. The molecular weight excluding hydrogens is 869 g/mol. The highest BCUT2D eigenvalue weighted by Crippen LogP contribution is 2.17. The van der Waals surface area contributed by atoms with E-state index in [1.54, 1.807) is 78.2 Å². The van der Waals surface area contributed by atoms with Crippen molar-refractivity contribution in [3.63, 3.8) is 0 Å². The van der Waals surface area contributed by atoms with E-state index in [0.29, 0.717) is 47.8 Å². The maximum absolute atomic E-state index is 12.9. The zero-order valence-corrected chi connectivity index (χ0v) is 39.3. The van der Waals surface area contributed by atoms with Crippen LogP contribution in [-0.2, 0) is 27.2 Å². The third kappa shape index (κ3) is 17.6. The van der Waals surface area contributed by atoms with Crippen LogP contribution in [0.15, 0.2) is 48.5 Å². The van der Waals surface area contributed by atoms with Crippen LogP contribution in [0.2, 0.25) is 0 Å². The Labute approximate surface area is 389 Å². The van der Waals surface area contributed by atoms with Crippen molar-refractivity contribution in [2.24, 2.45) is 0 Å². The highest BCUT2D eigenvalue weighted by molar-refractivity contribution is 5.99. The van der Waals surface area contributed by atoms with Crippen molar-refractivity contribution in [1.29, 1.82) is 0 Å². The standard InChI is InChI=1S/C23H32N6O5.C22H30N6O5/c1-14-19(20(31)28-18(21(32)34-5)13-25-23(33)29(3)4)15(2)27-22(26-14)24-11-7-9-16-8-6-10-17(30)12-16;1-13-18(19(30)27-17(20(31)32)12-24-22(33)28(3)4)14(2)26-21(25-13)23-10-6-8-15-7-5-9-16(29)11-15/h6,8,10,12,18,30H,7,9,11,13H2,1-5H3,(H,25,33)(H,28,31)(H,24,26,27);5,7,9,11,17,29H,6,8,10,12H2,1-4H3,(H,24,33)(H,27,30)(H,31,32)(H,23,25,26)/t18-;17-/m00/s1. The molecule has 4 rings (SSSR count). The largest absolute Gasteiger partial charge is 0.508 e. The van der Waals surface area contributed by atoms with Gasteiger partial charge in [0.25, 0.3) is 11.8 Å². The first-order valence-corrected chi connectivity index (χ1v) is 21.3. The van der Waals surface area contributed by atoms with Crippen molar-refractivity contribution >= 4 is 47.7 Å². The minimum absolute atomic E-state index is 0.132. The quantitative estimate of drug-likeness (QED) is 0.0455. The highest BCUT2D eigenvalue weighted by Gasteiger charge is 2.27. The number of nitrogens with one attached hydrogen (secondary N) is 6. The summed E-state index contributed by atoms with van der Waals surface area (Å²) < 4.78 is 4.74. The molecule has 0 unspecified atom stereocenters. The van der Waals surface area contributed by atoms with Gasteiger partial charge in [0.1, 0.15) is 23.6 Å². The van der Waals surface area contributed by atoms with Crippen molar-refractivity contribution in [2.45, 2.75) is 65.5 Å². The minimum atomic E-state index is -1.31. The molecular formula is C45H62N12O10. The zero-order chi connectivity index (χ0) is 49.8. The van der Waals surface area contributed by atoms with Gasteiger partial charge in [-0.1, -0.05) is 24.3 Å². The van der Waals surface area contributed by atoms with Crippen molar-refractivity contribution in [3.05, 3.63) is 93.6 Å². The first kappa shape index (κ1) is 53.6. The van der Waals surface area contributed by atoms with Crippen molar-refractivity contribution in [3.8, 4) is 11.5 Å². The molecule has 2 aromatic carbocycles. The van der Waals surface area contributed by atoms with Crippen LogP contribution >= 0.6 is 0 Å². The van der Waals surface area contributed by atoms with Crippen molar-refractivity contribution in [1.82, 2.24) is 51.0 Å². The predicted molar refractivity (Wildman–Crippen MR) is 249 cm³/mol. The number of phenols is 2. The summed E-state index contributed by atoms with van der Waals surface area (Å²) in [6, 6.07) is 10.9. The van der Waals surface area contributed by atoms with E-state index in [-0.39, 0.29) is 35.7 Å². The number of urea groups is 2. The van der Waals surface area contributed by atoms with Gasteiger partial charge in [-0.05, 0) is 88.8 Å². The zero-order valence-electron chi connectivity index (χ0n) is 39.3. The van der Waals surface area contributed by atoms with Gasteiger partial charge in [-0.25, -0.2) is 39.1 Å². The Morgan fingerprint density at radius 1 is 0.612 bits per heavy atom. The summed E-state index contributed by atoms with van der Waals surface area (Å²) in [6.45, 7) is 7.45. The molecule has 9 N–H and O–H groups in total. The molecule has 22 heteroatoms.